The Morgan fingerprint density at radius 1 is 1.06 bits per heavy atom. The van der Waals surface area contributed by atoms with Crippen molar-refractivity contribution < 1.29 is 23.7 Å². The molecule has 0 radical (unpaired) electrons. The fourth-order valence-electron chi connectivity index (χ4n) is 3.03. The van der Waals surface area contributed by atoms with Crippen molar-refractivity contribution in [3.05, 3.63) is 82.4 Å². The monoisotopic (exact) mass is 452 g/mol. The molecule has 4 rings (SSSR count). The van der Waals surface area contributed by atoms with Gasteiger partial charge in [0.1, 0.15) is 6.61 Å². The van der Waals surface area contributed by atoms with Crippen LogP contribution in [0.15, 0.2) is 65.8 Å². The van der Waals surface area contributed by atoms with Gasteiger partial charge in [0.05, 0.1) is 12.8 Å². The van der Waals surface area contributed by atoms with E-state index in [9.17, 15) is 4.79 Å². The molecule has 1 aliphatic heterocycles. The van der Waals surface area contributed by atoms with Gasteiger partial charge >= 0.3 is 0 Å². The highest BCUT2D eigenvalue weighted by molar-refractivity contribution is 6.31. The number of ether oxygens (including phenoxy) is 4. The average molecular weight is 453 g/mol. The molecule has 3 aromatic rings. The lowest BCUT2D eigenvalue weighted by atomic mass is 10.2. The Hall–Kier alpha value is -3.71. The smallest absolute Gasteiger partial charge is 0.271 e. The number of amides is 1. The zero-order chi connectivity index (χ0) is 22.3. The number of halogens is 1. The van der Waals surface area contributed by atoms with E-state index >= 15 is 0 Å². The molecular weight excluding hydrogens is 432 g/mol. The van der Waals surface area contributed by atoms with Gasteiger partial charge in [-0.15, -0.1) is 0 Å². The lowest BCUT2D eigenvalue weighted by Gasteiger charge is -2.13. The predicted molar refractivity (Wildman–Crippen MR) is 121 cm³/mol. The van der Waals surface area contributed by atoms with Gasteiger partial charge in [-0.05, 0) is 55.0 Å². The summed E-state index contributed by atoms with van der Waals surface area (Å²) in [7, 11) is 0. The topological polar surface area (TPSA) is 78.4 Å². The highest BCUT2D eigenvalue weighted by Crippen LogP contribution is 2.32. The summed E-state index contributed by atoms with van der Waals surface area (Å²) in [6.45, 7) is 2.84. The molecule has 0 saturated heterocycles. The van der Waals surface area contributed by atoms with E-state index in [0.717, 1.165) is 11.1 Å². The van der Waals surface area contributed by atoms with Crippen LogP contribution in [0.4, 0.5) is 0 Å². The maximum Gasteiger partial charge on any atom is 0.271 e. The minimum absolute atomic E-state index is 0.152. The molecule has 32 heavy (non-hydrogen) atoms. The van der Waals surface area contributed by atoms with Crippen LogP contribution in [0, 0.1) is 0 Å². The maximum absolute atomic E-state index is 12.3. The van der Waals surface area contributed by atoms with E-state index in [-0.39, 0.29) is 12.7 Å². The fourth-order valence-corrected chi connectivity index (χ4v) is 3.22. The van der Waals surface area contributed by atoms with Gasteiger partial charge in [0.25, 0.3) is 5.91 Å². The van der Waals surface area contributed by atoms with Crippen LogP contribution in [-0.4, -0.2) is 25.5 Å². The first kappa shape index (κ1) is 21.5. The second-order valence-corrected chi connectivity index (χ2v) is 7.19. The summed E-state index contributed by atoms with van der Waals surface area (Å²) in [5, 5.41) is 4.68. The van der Waals surface area contributed by atoms with Crippen LogP contribution in [0.25, 0.3) is 0 Å². The second-order valence-electron chi connectivity index (χ2n) is 6.79. The average Bonchev–Trinajstić information content (AvgIpc) is 3.27. The number of hydrogen-bond donors (Lipinski definition) is 1. The predicted octanol–water partition coefficient (Wildman–Crippen LogP) is 4.81. The lowest BCUT2D eigenvalue weighted by Crippen LogP contribution is -2.17. The normalized spacial score (nSPS) is 12.1. The van der Waals surface area contributed by atoms with E-state index in [1.54, 1.807) is 30.3 Å². The molecule has 164 valence electrons. The molecule has 0 unspecified atom stereocenters. The molecule has 0 aromatic heterocycles. The van der Waals surface area contributed by atoms with Gasteiger partial charge in [0.15, 0.2) is 23.0 Å². The first-order valence-electron chi connectivity index (χ1n) is 10.00. The summed E-state index contributed by atoms with van der Waals surface area (Å²) in [4.78, 5) is 12.3. The Bertz CT molecular complexity index is 1150. The van der Waals surface area contributed by atoms with E-state index in [4.69, 9.17) is 30.5 Å². The Kier molecular flexibility index (Phi) is 6.77. The molecule has 3 aromatic carbocycles. The van der Waals surface area contributed by atoms with E-state index < -0.39 is 0 Å². The third-order valence-corrected chi connectivity index (χ3v) is 4.99. The quantitative estimate of drug-likeness (QED) is 0.392. The molecule has 1 amide bonds. The van der Waals surface area contributed by atoms with E-state index in [2.05, 4.69) is 10.5 Å². The molecule has 0 fully saturated rings. The number of rotatable bonds is 8. The van der Waals surface area contributed by atoms with Crippen LogP contribution in [0.2, 0.25) is 5.02 Å². The second kappa shape index (κ2) is 10.1. The minimum Gasteiger partial charge on any atom is -0.490 e. The largest absolute Gasteiger partial charge is 0.490 e. The Labute approximate surface area is 190 Å². The third kappa shape index (κ3) is 5.12. The van der Waals surface area contributed by atoms with Crippen molar-refractivity contribution in [3.63, 3.8) is 0 Å². The van der Waals surface area contributed by atoms with Crippen molar-refractivity contribution in [2.24, 2.45) is 5.10 Å². The third-order valence-electron chi connectivity index (χ3n) is 4.62. The Morgan fingerprint density at radius 2 is 1.91 bits per heavy atom. The molecule has 0 atom stereocenters. The van der Waals surface area contributed by atoms with Gasteiger partial charge in [-0.25, -0.2) is 5.43 Å². The molecule has 0 saturated carbocycles. The first-order valence-corrected chi connectivity index (χ1v) is 10.4. The summed E-state index contributed by atoms with van der Waals surface area (Å²) in [5.41, 5.74) is 4.55. The maximum atomic E-state index is 12.3. The molecule has 0 aliphatic carbocycles. The van der Waals surface area contributed by atoms with Crippen molar-refractivity contribution in [1.29, 1.82) is 0 Å². The van der Waals surface area contributed by atoms with Gasteiger partial charge in [-0.3, -0.25) is 4.79 Å². The molecule has 1 aliphatic rings. The van der Waals surface area contributed by atoms with Crippen LogP contribution >= 0.6 is 11.6 Å². The number of nitrogens with zero attached hydrogens (tertiary/aromatic N) is 1. The standard InChI is InChI=1S/C24H21ClN2O5/c1-2-29-22-11-16(7-9-20(22)30-14-18-5-3-4-6-19(18)25)13-26-27-24(28)17-8-10-21-23(12-17)32-15-31-21/h3-13H,2,14-15H2,1H3,(H,27,28)/b26-13-. The number of nitrogens with one attached hydrogen (secondary N) is 1. The summed E-state index contributed by atoms with van der Waals surface area (Å²) in [6, 6.07) is 17.9. The zero-order valence-corrected chi connectivity index (χ0v) is 18.1. The molecule has 1 heterocycles. The highest BCUT2D eigenvalue weighted by Gasteiger charge is 2.16. The van der Waals surface area contributed by atoms with Crippen LogP contribution < -0.4 is 24.4 Å². The number of fused-ring (bicyclic) bond motifs is 1. The number of carbonyl (C=O) groups excluding carboxylic acids is 1. The van der Waals surface area contributed by atoms with Crippen molar-refractivity contribution in [2.75, 3.05) is 13.4 Å². The SMILES string of the molecule is CCOc1cc(/C=N\NC(=O)c2ccc3c(c2)OCO3)ccc1OCc1ccccc1Cl. The van der Waals surface area contributed by atoms with Gasteiger partial charge in [-0.2, -0.15) is 5.10 Å². The van der Waals surface area contributed by atoms with Crippen molar-refractivity contribution in [1.82, 2.24) is 5.43 Å². The molecule has 8 heteroatoms. The van der Waals surface area contributed by atoms with E-state index in [0.29, 0.717) is 46.8 Å². The fraction of sp³-hybridized carbons (Fsp3) is 0.167. The van der Waals surface area contributed by atoms with Crippen LogP contribution in [0.5, 0.6) is 23.0 Å². The van der Waals surface area contributed by atoms with Crippen molar-refractivity contribution in [2.45, 2.75) is 13.5 Å². The van der Waals surface area contributed by atoms with E-state index in [1.807, 2.05) is 37.3 Å². The van der Waals surface area contributed by atoms with Gasteiger partial charge in [-0.1, -0.05) is 29.8 Å². The highest BCUT2D eigenvalue weighted by atomic mass is 35.5. The number of carbonyl (C=O) groups is 1. The lowest BCUT2D eigenvalue weighted by molar-refractivity contribution is 0.0954. The number of benzene rings is 3. The van der Waals surface area contributed by atoms with E-state index in [1.165, 1.54) is 6.21 Å². The van der Waals surface area contributed by atoms with Crippen molar-refractivity contribution >= 4 is 23.7 Å². The molecule has 1 N–H and O–H groups in total. The molecular formula is C24H21ClN2O5. The Balaban J connectivity index is 1.41. The minimum atomic E-state index is -0.357. The van der Waals surface area contributed by atoms with Crippen molar-refractivity contribution in [3.8, 4) is 23.0 Å². The Morgan fingerprint density at radius 3 is 2.75 bits per heavy atom. The van der Waals surface area contributed by atoms with Gasteiger partial charge < -0.3 is 18.9 Å². The van der Waals surface area contributed by atoms with Crippen LogP contribution in [0.3, 0.4) is 0 Å². The van der Waals surface area contributed by atoms with Gasteiger partial charge in [0, 0.05) is 16.1 Å². The molecule has 0 bridgehead atoms. The summed E-state index contributed by atoms with van der Waals surface area (Å²) < 4.78 is 22.1. The molecule has 7 nitrogen and oxygen atoms in total. The molecule has 0 spiro atoms. The summed E-state index contributed by atoms with van der Waals surface area (Å²) in [5.74, 6) is 1.96. The number of hydrazone groups is 1. The zero-order valence-electron chi connectivity index (χ0n) is 17.3. The summed E-state index contributed by atoms with van der Waals surface area (Å²) >= 11 is 6.20. The van der Waals surface area contributed by atoms with Crippen LogP contribution in [0.1, 0.15) is 28.4 Å². The summed E-state index contributed by atoms with van der Waals surface area (Å²) in [6.07, 6.45) is 1.53. The van der Waals surface area contributed by atoms with Gasteiger partial charge in [0.2, 0.25) is 6.79 Å². The first-order chi connectivity index (χ1) is 15.6. The number of hydrogen-bond acceptors (Lipinski definition) is 6. The van der Waals surface area contributed by atoms with Crippen LogP contribution in [-0.2, 0) is 6.61 Å².